The molecule has 0 spiro atoms. The largest absolute Gasteiger partial charge is 0.389 e. The molecule has 1 aromatic rings. The first-order valence-corrected chi connectivity index (χ1v) is 6.91. The number of benzene rings is 1. The Morgan fingerprint density at radius 2 is 1.81 bits per heavy atom. The lowest BCUT2D eigenvalue weighted by atomic mass is 10.0. The van der Waals surface area contributed by atoms with E-state index in [1.165, 1.54) is 16.0 Å². The molecule has 0 unspecified atom stereocenters. The van der Waals surface area contributed by atoms with Crippen LogP contribution in [0.5, 0.6) is 0 Å². The molecule has 0 bridgehead atoms. The zero-order chi connectivity index (χ0) is 12.2. The van der Waals surface area contributed by atoms with Gasteiger partial charge in [0.05, 0.1) is 5.60 Å². The molecule has 1 N–H and O–H groups in total. The zero-order valence-corrected chi connectivity index (χ0v) is 11.5. The van der Waals surface area contributed by atoms with E-state index in [1.807, 2.05) is 13.8 Å². The molecule has 1 aromatic carbocycles. The van der Waals surface area contributed by atoms with E-state index < -0.39 is 5.60 Å². The minimum Gasteiger partial charge on any atom is -0.389 e. The average molecular weight is 238 g/mol. The standard InChI is InChI=1S/C14H22OS/c1-5-14(15,6-2)10-16-13-8-7-11(3)9-12(13)4/h7-9,15H,5-6,10H2,1-4H3. The van der Waals surface area contributed by atoms with E-state index in [4.69, 9.17) is 0 Å². The van der Waals surface area contributed by atoms with Crippen LogP contribution in [0, 0.1) is 13.8 Å². The van der Waals surface area contributed by atoms with Gasteiger partial charge in [-0.15, -0.1) is 11.8 Å². The third kappa shape index (κ3) is 3.53. The lowest BCUT2D eigenvalue weighted by Crippen LogP contribution is -2.29. The molecule has 0 aliphatic rings. The number of thioether (sulfide) groups is 1. The SMILES string of the molecule is CCC(O)(CC)CSc1ccc(C)cc1C. The van der Waals surface area contributed by atoms with Gasteiger partial charge in [0, 0.05) is 10.6 Å². The zero-order valence-electron chi connectivity index (χ0n) is 10.7. The fraction of sp³-hybridized carbons (Fsp3) is 0.571. The molecule has 0 aliphatic carbocycles. The van der Waals surface area contributed by atoms with Gasteiger partial charge in [-0.2, -0.15) is 0 Å². The molecule has 0 aliphatic heterocycles. The summed E-state index contributed by atoms with van der Waals surface area (Å²) in [6, 6.07) is 6.48. The summed E-state index contributed by atoms with van der Waals surface area (Å²) in [5.74, 6) is 0.782. The first-order valence-electron chi connectivity index (χ1n) is 5.93. The van der Waals surface area contributed by atoms with Gasteiger partial charge in [0.2, 0.25) is 0 Å². The third-order valence-corrected chi connectivity index (χ3v) is 4.59. The van der Waals surface area contributed by atoms with Crippen molar-refractivity contribution in [2.75, 3.05) is 5.75 Å². The Morgan fingerprint density at radius 3 is 2.31 bits per heavy atom. The predicted molar refractivity (Wildman–Crippen MR) is 72.2 cm³/mol. The van der Waals surface area contributed by atoms with Crippen LogP contribution in [0.4, 0.5) is 0 Å². The molecular formula is C14H22OS. The summed E-state index contributed by atoms with van der Waals surface area (Å²) in [4.78, 5) is 1.28. The summed E-state index contributed by atoms with van der Waals surface area (Å²) in [5.41, 5.74) is 2.09. The second-order valence-corrected chi connectivity index (χ2v) is 5.51. The van der Waals surface area contributed by atoms with Gasteiger partial charge in [-0.05, 0) is 38.3 Å². The third-order valence-electron chi connectivity index (χ3n) is 3.14. The van der Waals surface area contributed by atoms with Gasteiger partial charge in [0.1, 0.15) is 0 Å². The van der Waals surface area contributed by atoms with Crippen LogP contribution in [-0.2, 0) is 0 Å². The molecule has 16 heavy (non-hydrogen) atoms. The second-order valence-electron chi connectivity index (χ2n) is 4.49. The molecule has 1 nitrogen and oxygen atoms in total. The van der Waals surface area contributed by atoms with Crippen molar-refractivity contribution in [3.8, 4) is 0 Å². The summed E-state index contributed by atoms with van der Waals surface area (Å²) in [6.07, 6.45) is 1.64. The van der Waals surface area contributed by atoms with Crippen molar-refractivity contribution in [3.05, 3.63) is 29.3 Å². The van der Waals surface area contributed by atoms with Gasteiger partial charge in [-0.1, -0.05) is 31.5 Å². The molecule has 0 heterocycles. The Hall–Kier alpha value is -0.470. The Morgan fingerprint density at radius 1 is 1.19 bits per heavy atom. The van der Waals surface area contributed by atoms with Crippen molar-refractivity contribution in [2.45, 2.75) is 51.0 Å². The van der Waals surface area contributed by atoms with Gasteiger partial charge in [0.15, 0.2) is 0 Å². The monoisotopic (exact) mass is 238 g/mol. The van der Waals surface area contributed by atoms with Gasteiger partial charge < -0.3 is 5.11 Å². The highest BCUT2D eigenvalue weighted by atomic mass is 32.2. The van der Waals surface area contributed by atoms with E-state index in [9.17, 15) is 5.11 Å². The Bertz CT molecular complexity index is 343. The van der Waals surface area contributed by atoms with Gasteiger partial charge in [-0.25, -0.2) is 0 Å². The summed E-state index contributed by atoms with van der Waals surface area (Å²) < 4.78 is 0. The fourth-order valence-electron chi connectivity index (χ4n) is 1.63. The highest BCUT2D eigenvalue weighted by Crippen LogP contribution is 2.29. The minimum atomic E-state index is -0.512. The van der Waals surface area contributed by atoms with E-state index in [0.29, 0.717) is 0 Å². The maximum atomic E-state index is 10.2. The lowest BCUT2D eigenvalue weighted by molar-refractivity contribution is 0.0572. The van der Waals surface area contributed by atoms with Crippen molar-refractivity contribution in [1.82, 2.24) is 0 Å². The van der Waals surface area contributed by atoms with Crippen molar-refractivity contribution in [3.63, 3.8) is 0 Å². The van der Waals surface area contributed by atoms with Crippen LogP contribution in [0.1, 0.15) is 37.8 Å². The number of aliphatic hydroxyl groups is 1. The highest BCUT2D eigenvalue weighted by molar-refractivity contribution is 7.99. The summed E-state index contributed by atoms with van der Waals surface area (Å²) in [5, 5.41) is 10.2. The number of hydrogen-bond acceptors (Lipinski definition) is 2. The van der Waals surface area contributed by atoms with Crippen LogP contribution < -0.4 is 0 Å². The van der Waals surface area contributed by atoms with E-state index >= 15 is 0 Å². The smallest absolute Gasteiger partial charge is 0.0736 e. The van der Waals surface area contributed by atoms with E-state index in [2.05, 4.69) is 32.0 Å². The summed E-state index contributed by atoms with van der Waals surface area (Å²) in [7, 11) is 0. The molecule has 0 saturated heterocycles. The second kappa shape index (κ2) is 5.74. The van der Waals surface area contributed by atoms with Crippen LogP contribution in [0.25, 0.3) is 0 Å². The maximum absolute atomic E-state index is 10.2. The van der Waals surface area contributed by atoms with Crippen LogP contribution in [0.15, 0.2) is 23.1 Å². The molecule has 90 valence electrons. The first-order chi connectivity index (χ1) is 7.50. The number of aryl methyl sites for hydroxylation is 2. The van der Waals surface area contributed by atoms with Crippen LogP contribution in [0.3, 0.4) is 0 Å². The van der Waals surface area contributed by atoms with Crippen molar-refractivity contribution >= 4 is 11.8 Å². The normalized spacial score (nSPS) is 11.8. The Labute approximate surface area is 103 Å². The maximum Gasteiger partial charge on any atom is 0.0736 e. The summed E-state index contributed by atoms with van der Waals surface area (Å²) >= 11 is 1.76. The van der Waals surface area contributed by atoms with Crippen molar-refractivity contribution in [1.29, 1.82) is 0 Å². The predicted octanol–water partition coefficient (Wildman–Crippen LogP) is 3.95. The topological polar surface area (TPSA) is 20.2 Å². The quantitative estimate of drug-likeness (QED) is 0.784. The van der Waals surface area contributed by atoms with Crippen molar-refractivity contribution in [2.24, 2.45) is 0 Å². The molecule has 1 rings (SSSR count). The number of hydrogen-bond donors (Lipinski definition) is 1. The average Bonchev–Trinajstić information content (AvgIpc) is 2.27. The van der Waals surface area contributed by atoms with E-state index in [1.54, 1.807) is 11.8 Å². The Balaban J connectivity index is 2.67. The molecular weight excluding hydrogens is 216 g/mol. The van der Waals surface area contributed by atoms with Gasteiger partial charge >= 0.3 is 0 Å². The minimum absolute atomic E-state index is 0.512. The molecule has 0 fully saturated rings. The first kappa shape index (κ1) is 13.6. The van der Waals surface area contributed by atoms with E-state index in [0.717, 1.165) is 18.6 Å². The van der Waals surface area contributed by atoms with E-state index in [-0.39, 0.29) is 0 Å². The highest BCUT2D eigenvalue weighted by Gasteiger charge is 2.22. The molecule has 0 radical (unpaired) electrons. The fourth-order valence-corrected chi connectivity index (χ4v) is 2.91. The van der Waals surface area contributed by atoms with Crippen LogP contribution >= 0.6 is 11.8 Å². The molecule has 2 heteroatoms. The lowest BCUT2D eigenvalue weighted by Gasteiger charge is -2.24. The van der Waals surface area contributed by atoms with Crippen LogP contribution in [0.2, 0.25) is 0 Å². The van der Waals surface area contributed by atoms with Gasteiger partial charge in [-0.3, -0.25) is 0 Å². The molecule has 0 aromatic heterocycles. The summed E-state index contributed by atoms with van der Waals surface area (Å²) in [6.45, 7) is 8.33. The molecule has 0 atom stereocenters. The molecule has 0 amide bonds. The molecule has 0 saturated carbocycles. The number of rotatable bonds is 5. The van der Waals surface area contributed by atoms with Crippen molar-refractivity contribution < 1.29 is 5.11 Å². The Kier molecular flexibility index (Phi) is 4.88. The van der Waals surface area contributed by atoms with Crippen LogP contribution in [-0.4, -0.2) is 16.5 Å². The van der Waals surface area contributed by atoms with Gasteiger partial charge in [0.25, 0.3) is 0 Å².